The van der Waals surface area contributed by atoms with Gasteiger partial charge < -0.3 is 29.4 Å². The number of hydrogen-bond acceptors (Lipinski definition) is 8. The Morgan fingerprint density at radius 3 is 1.46 bits per heavy atom. The molecule has 0 fully saturated rings. The van der Waals surface area contributed by atoms with Gasteiger partial charge in [-0.25, -0.2) is 4.79 Å². The van der Waals surface area contributed by atoms with Gasteiger partial charge in [-0.2, -0.15) is 0 Å². The molecule has 0 aromatic rings. The highest BCUT2D eigenvalue weighted by Gasteiger charge is 2.19. The zero-order valence-corrected chi connectivity index (χ0v) is 29.8. The summed E-state index contributed by atoms with van der Waals surface area (Å²) in [6.07, 6.45) is 26.2. The number of esters is 2. The van der Waals surface area contributed by atoms with Crippen LogP contribution < -0.4 is 5.32 Å². The van der Waals surface area contributed by atoms with Gasteiger partial charge in [0.2, 0.25) is 0 Å². The maximum atomic E-state index is 12.5. The average Bonchev–Trinajstić information content (AvgIpc) is 3.05. The Bertz CT molecular complexity index is 690. The van der Waals surface area contributed by atoms with E-state index in [2.05, 4.69) is 19.2 Å². The minimum absolute atomic E-state index is 0.0429. The van der Waals surface area contributed by atoms with E-state index in [9.17, 15) is 14.4 Å². The fourth-order valence-corrected chi connectivity index (χ4v) is 5.24. The lowest BCUT2D eigenvalue weighted by atomic mass is 10.1. The highest BCUT2D eigenvalue weighted by Crippen LogP contribution is 2.14. The average molecular weight is 658 g/mol. The number of carbonyl (C=O) groups excluding carboxylic acids is 3. The minimum Gasteiger partial charge on any atom is -0.462 e. The number of alkyl carbamates (subject to hydrolysis) is 1. The van der Waals surface area contributed by atoms with Crippen LogP contribution in [0.15, 0.2) is 0 Å². The lowest BCUT2D eigenvalue weighted by Gasteiger charge is -2.18. The highest BCUT2D eigenvalue weighted by molar-refractivity contribution is 5.70. The van der Waals surface area contributed by atoms with Crippen molar-refractivity contribution in [2.24, 2.45) is 0 Å². The van der Waals surface area contributed by atoms with Crippen molar-refractivity contribution in [2.75, 3.05) is 39.6 Å². The van der Waals surface area contributed by atoms with Crippen LogP contribution >= 0.6 is 0 Å². The molecular formula is C37H71NO8. The van der Waals surface area contributed by atoms with E-state index in [1.165, 1.54) is 103 Å². The Balaban J connectivity index is 4.29. The number of nitrogens with one attached hydrogen (secondary N) is 1. The zero-order chi connectivity index (χ0) is 33.8. The first-order valence-electron chi connectivity index (χ1n) is 19.0. The molecule has 0 aliphatic carbocycles. The second kappa shape index (κ2) is 36.0. The second-order valence-electron chi connectivity index (χ2n) is 12.6. The van der Waals surface area contributed by atoms with E-state index >= 15 is 0 Å². The SMILES string of the molecule is CCCCCCCCCCCCCC(=O)OCC(COC(=O)NCCCOCCO)OC(=O)CCCCCCCCCCCCC. The number of ether oxygens (including phenoxy) is 4. The van der Waals surface area contributed by atoms with Crippen LogP contribution in [-0.4, -0.2) is 68.8 Å². The maximum absolute atomic E-state index is 12.5. The minimum atomic E-state index is -0.847. The predicted molar refractivity (Wildman–Crippen MR) is 185 cm³/mol. The Morgan fingerprint density at radius 1 is 0.543 bits per heavy atom. The van der Waals surface area contributed by atoms with Gasteiger partial charge >= 0.3 is 18.0 Å². The van der Waals surface area contributed by atoms with Gasteiger partial charge in [-0.05, 0) is 19.3 Å². The second-order valence-corrected chi connectivity index (χ2v) is 12.6. The van der Waals surface area contributed by atoms with Crippen molar-refractivity contribution in [3.05, 3.63) is 0 Å². The topological polar surface area (TPSA) is 120 Å². The van der Waals surface area contributed by atoms with Gasteiger partial charge in [0.05, 0.1) is 13.2 Å². The highest BCUT2D eigenvalue weighted by atomic mass is 16.6. The quantitative estimate of drug-likeness (QED) is 0.0394. The molecule has 0 saturated carbocycles. The lowest BCUT2D eigenvalue weighted by Crippen LogP contribution is -2.34. The number of unbranched alkanes of at least 4 members (excludes halogenated alkanes) is 20. The summed E-state index contributed by atoms with van der Waals surface area (Å²) in [7, 11) is 0. The summed E-state index contributed by atoms with van der Waals surface area (Å²) in [5, 5.41) is 11.4. The van der Waals surface area contributed by atoms with E-state index in [0.717, 1.165) is 38.5 Å². The largest absolute Gasteiger partial charge is 0.462 e. The van der Waals surface area contributed by atoms with Crippen molar-refractivity contribution in [2.45, 2.75) is 180 Å². The van der Waals surface area contributed by atoms with Crippen LogP contribution in [-0.2, 0) is 28.5 Å². The molecule has 9 heteroatoms. The number of rotatable bonds is 35. The molecule has 0 aliphatic heterocycles. The number of hydrogen-bond donors (Lipinski definition) is 2. The van der Waals surface area contributed by atoms with Crippen molar-refractivity contribution < 1.29 is 38.4 Å². The van der Waals surface area contributed by atoms with Crippen LogP contribution in [0.5, 0.6) is 0 Å². The van der Waals surface area contributed by atoms with E-state index in [1.807, 2.05) is 0 Å². The summed E-state index contributed by atoms with van der Waals surface area (Å²) < 4.78 is 21.4. The zero-order valence-electron chi connectivity index (χ0n) is 29.8. The molecule has 0 aromatic heterocycles. The molecule has 9 nitrogen and oxygen atoms in total. The molecule has 2 N–H and O–H groups in total. The summed E-state index contributed by atoms with van der Waals surface area (Å²) in [6, 6.07) is 0. The van der Waals surface area contributed by atoms with Gasteiger partial charge in [-0.15, -0.1) is 0 Å². The number of amides is 1. The lowest BCUT2D eigenvalue weighted by molar-refractivity contribution is -0.161. The molecule has 0 bridgehead atoms. The van der Waals surface area contributed by atoms with Gasteiger partial charge in [0.15, 0.2) is 6.10 Å². The summed E-state index contributed by atoms with van der Waals surface area (Å²) >= 11 is 0. The van der Waals surface area contributed by atoms with Crippen LogP contribution in [0.4, 0.5) is 4.79 Å². The molecule has 0 aliphatic rings. The fourth-order valence-electron chi connectivity index (χ4n) is 5.24. The third-order valence-corrected chi connectivity index (χ3v) is 8.07. The van der Waals surface area contributed by atoms with E-state index in [-0.39, 0.29) is 38.4 Å². The fraction of sp³-hybridized carbons (Fsp3) is 0.919. The van der Waals surface area contributed by atoms with Gasteiger partial charge in [0, 0.05) is 26.0 Å². The van der Waals surface area contributed by atoms with Crippen molar-refractivity contribution in [3.8, 4) is 0 Å². The first-order valence-corrected chi connectivity index (χ1v) is 19.0. The first kappa shape index (κ1) is 44.1. The molecule has 0 spiro atoms. The van der Waals surface area contributed by atoms with E-state index < -0.39 is 12.2 Å². The summed E-state index contributed by atoms with van der Waals surface area (Å²) in [5.41, 5.74) is 0. The normalized spacial score (nSPS) is 11.7. The smallest absolute Gasteiger partial charge is 0.407 e. The number of aliphatic hydroxyl groups excluding tert-OH is 1. The van der Waals surface area contributed by atoms with Crippen LogP contribution in [0.1, 0.15) is 174 Å². The first-order chi connectivity index (χ1) is 22.5. The van der Waals surface area contributed by atoms with Gasteiger partial charge in [0.25, 0.3) is 0 Å². The summed E-state index contributed by atoms with van der Waals surface area (Å²) in [6.45, 7) is 5.12. The molecular weight excluding hydrogens is 586 g/mol. The molecule has 46 heavy (non-hydrogen) atoms. The predicted octanol–water partition coefficient (Wildman–Crippen LogP) is 8.97. The molecule has 0 heterocycles. The molecule has 1 unspecified atom stereocenters. The molecule has 0 saturated heterocycles. The van der Waals surface area contributed by atoms with Gasteiger partial charge in [-0.1, -0.05) is 142 Å². The van der Waals surface area contributed by atoms with Crippen molar-refractivity contribution in [1.82, 2.24) is 5.32 Å². The monoisotopic (exact) mass is 658 g/mol. The van der Waals surface area contributed by atoms with Gasteiger partial charge in [0.1, 0.15) is 13.2 Å². The Morgan fingerprint density at radius 2 is 0.978 bits per heavy atom. The van der Waals surface area contributed by atoms with Gasteiger partial charge in [-0.3, -0.25) is 9.59 Å². The number of carbonyl (C=O) groups is 3. The summed E-state index contributed by atoms with van der Waals surface area (Å²) in [4.78, 5) is 37.0. The van der Waals surface area contributed by atoms with Crippen molar-refractivity contribution in [1.29, 1.82) is 0 Å². The van der Waals surface area contributed by atoms with Crippen LogP contribution in [0.2, 0.25) is 0 Å². The third kappa shape index (κ3) is 33.5. The Labute approximate surface area is 281 Å². The molecule has 1 atom stereocenters. The number of aliphatic hydroxyl groups is 1. The van der Waals surface area contributed by atoms with Crippen molar-refractivity contribution >= 4 is 18.0 Å². The standard InChI is InChI=1S/C37H71NO8/c1-3-5-7-9-11-13-15-17-19-21-23-26-35(40)44-32-34(33-45-37(42)38-28-25-30-43-31-29-39)46-36(41)27-24-22-20-18-16-14-12-10-8-6-4-2/h34,39H,3-33H2,1-2H3,(H,38,42). The third-order valence-electron chi connectivity index (χ3n) is 8.07. The summed E-state index contributed by atoms with van der Waals surface area (Å²) in [5.74, 6) is -0.693. The Hall–Kier alpha value is -1.87. The maximum Gasteiger partial charge on any atom is 0.407 e. The molecule has 272 valence electrons. The molecule has 1 amide bonds. The molecule has 0 radical (unpaired) electrons. The van der Waals surface area contributed by atoms with E-state index in [0.29, 0.717) is 32.4 Å². The van der Waals surface area contributed by atoms with Crippen LogP contribution in [0, 0.1) is 0 Å². The van der Waals surface area contributed by atoms with Crippen LogP contribution in [0.25, 0.3) is 0 Å². The molecule has 0 rings (SSSR count). The van der Waals surface area contributed by atoms with E-state index in [1.54, 1.807) is 0 Å². The van der Waals surface area contributed by atoms with E-state index in [4.69, 9.17) is 24.1 Å². The molecule has 0 aromatic carbocycles. The van der Waals surface area contributed by atoms with Crippen LogP contribution in [0.3, 0.4) is 0 Å². The Kier molecular flexibility index (Phi) is 34.5. The van der Waals surface area contributed by atoms with Crippen molar-refractivity contribution in [3.63, 3.8) is 0 Å².